The molecule has 1 aliphatic heterocycles. The number of aromatic nitrogens is 2. The van der Waals surface area contributed by atoms with Crippen molar-refractivity contribution < 1.29 is 0 Å². The summed E-state index contributed by atoms with van der Waals surface area (Å²) in [6, 6.07) is 40.3. The van der Waals surface area contributed by atoms with Gasteiger partial charge in [-0.25, -0.2) is 4.68 Å². The highest BCUT2D eigenvalue weighted by Crippen LogP contribution is 2.47. The molecule has 0 amide bonds. The van der Waals surface area contributed by atoms with E-state index in [4.69, 9.17) is 10.2 Å². The fourth-order valence-electron chi connectivity index (χ4n) is 5.70. The van der Waals surface area contributed by atoms with E-state index >= 15 is 0 Å². The molecule has 0 radical (unpaired) electrons. The van der Waals surface area contributed by atoms with Crippen LogP contribution in [0.5, 0.6) is 0 Å². The Hall–Kier alpha value is -4.44. The molecule has 2 heterocycles. The molecule has 2 atom stereocenters. The van der Waals surface area contributed by atoms with E-state index in [1.807, 2.05) is 10.7 Å². The maximum Gasteiger partial charge on any atom is 0.0981 e. The fraction of sp³-hybridized carbons (Fsp3) is 0.125. The quantitative estimate of drug-likeness (QED) is 0.284. The lowest BCUT2D eigenvalue weighted by molar-refractivity contribution is 0.510. The SMILES string of the molecule is c1ccc(-c2nn(-c3ccccc3)cc2C2C3CCc4ccccc4C3=NN2c2ccccc2)cc1. The molecule has 2 aliphatic rings. The molecule has 0 saturated heterocycles. The fourth-order valence-corrected chi connectivity index (χ4v) is 5.70. The van der Waals surface area contributed by atoms with Gasteiger partial charge in [0, 0.05) is 28.8 Å². The van der Waals surface area contributed by atoms with Crippen LogP contribution in [0.4, 0.5) is 5.69 Å². The third kappa shape index (κ3) is 3.45. The van der Waals surface area contributed by atoms with Crippen LogP contribution in [-0.4, -0.2) is 15.5 Å². The van der Waals surface area contributed by atoms with Gasteiger partial charge in [0.15, 0.2) is 0 Å². The molecule has 0 N–H and O–H groups in total. The van der Waals surface area contributed by atoms with Crippen molar-refractivity contribution >= 4 is 11.4 Å². The summed E-state index contributed by atoms with van der Waals surface area (Å²) in [5.74, 6) is 0.288. The van der Waals surface area contributed by atoms with Crippen molar-refractivity contribution in [2.24, 2.45) is 11.0 Å². The van der Waals surface area contributed by atoms with Gasteiger partial charge in [0.05, 0.1) is 28.8 Å². The predicted molar refractivity (Wildman–Crippen MR) is 145 cm³/mol. The molecule has 4 heteroatoms. The maximum atomic E-state index is 5.31. The second-order valence-electron chi connectivity index (χ2n) is 9.49. The summed E-state index contributed by atoms with van der Waals surface area (Å²) in [5, 5.41) is 12.7. The van der Waals surface area contributed by atoms with Crippen LogP contribution in [0.3, 0.4) is 0 Å². The molecule has 0 spiro atoms. The van der Waals surface area contributed by atoms with Crippen LogP contribution in [0.15, 0.2) is 127 Å². The maximum absolute atomic E-state index is 5.31. The third-order valence-electron chi connectivity index (χ3n) is 7.38. The lowest BCUT2D eigenvalue weighted by atomic mass is 9.77. The van der Waals surface area contributed by atoms with E-state index in [2.05, 4.69) is 120 Å². The second kappa shape index (κ2) is 8.65. The number of benzene rings is 4. The normalized spacial score (nSPS) is 18.4. The molecule has 36 heavy (non-hydrogen) atoms. The number of rotatable bonds is 4. The van der Waals surface area contributed by atoms with Crippen molar-refractivity contribution in [3.8, 4) is 16.9 Å². The molecular weight excluding hydrogens is 440 g/mol. The number of fused-ring (bicyclic) bond motifs is 3. The molecule has 0 fully saturated rings. The Morgan fingerprint density at radius 2 is 1.31 bits per heavy atom. The number of aryl methyl sites for hydroxylation is 1. The number of nitrogens with zero attached hydrogens (tertiary/aromatic N) is 4. The van der Waals surface area contributed by atoms with Gasteiger partial charge >= 0.3 is 0 Å². The van der Waals surface area contributed by atoms with Gasteiger partial charge in [-0.15, -0.1) is 0 Å². The Bertz CT molecular complexity index is 1540. The Kier molecular flexibility index (Phi) is 5.02. The molecule has 0 bridgehead atoms. The molecule has 5 aromatic rings. The number of hydrazone groups is 1. The predicted octanol–water partition coefficient (Wildman–Crippen LogP) is 7.07. The Labute approximate surface area is 211 Å². The molecule has 7 rings (SSSR count). The van der Waals surface area contributed by atoms with E-state index < -0.39 is 0 Å². The van der Waals surface area contributed by atoms with E-state index in [-0.39, 0.29) is 12.0 Å². The Balaban J connectivity index is 1.43. The molecule has 2 unspecified atom stereocenters. The van der Waals surface area contributed by atoms with Gasteiger partial charge in [-0.05, 0) is 42.7 Å². The summed E-state index contributed by atoms with van der Waals surface area (Å²) in [7, 11) is 0. The molecule has 0 saturated carbocycles. The zero-order chi connectivity index (χ0) is 23.9. The van der Waals surface area contributed by atoms with Crippen molar-refractivity contribution in [1.82, 2.24) is 9.78 Å². The number of hydrogen-bond donors (Lipinski definition) is 0. The van der Waals surface area contributed by atoms with Crippen molar-refractivity contribution in [2.75, 3.05) is 5.01 Å². The van der Waals surface area contributed by atoms with Gasteiger partial charge in [0.25, 0.3) is 0 Å². The van der Waals surface area contributed by atoms with Crippen LogP contribution in [0.1, 0.15) is 29.2 Å². The number of anilines is 1. The van der Waals surface area contributed by atoms with Gasteiger partial charge < -0.3 is 0 Å². The average Bonchev–Trinajstić information content (AvgIpc) is 3.57. The summed E-state index contributed by atoms with van der Waals surface area (Å²) in [5.41, 5.74) is 9.38. The molecule has 1 aromatic heterocycles. The topological polar surface area (TPSA) is 33.4 Å². The molecule has 174 valence electrons. The summed E-state index contributed by atoms with van der Waals surface area (Å²) in [6.07, 6.45) is 4.35. The molecular formula is C32H26N4. The summed E-state index contributed by atoms with van der Waals surface area (Å²) in [6.45, 7) is 0. The first-order valence-corrected chi connectivity index (χ1v) is 12.6. The van der Waals surface area contributed by atoms with Gasteiger partial charge in [-0.2, -0.15) is 10.2 Å². The van der Waals surface area contributed by atoms with Crippen molar-refractivity contribution in [2.45, 2.75) is 18.9 Å². The molecule has 4 nitrogen and oxygen atoms in total. The summed E-state index contributed by atoms with van der Waals surface area (Å²) < 4.78 is 2.02. The van der Waals surface area contributed by atoms with E-state index in [1.54, 1.807) is 0 Å². The Morgan fingerprint density at radius 1 is 0.667 bits per heavy atom. The monoisotopic (exact) mass is 466 g/mol. The molecule has 1 aliphatic carbocycles. The summed E-state index contributed by atoms with van der Waals surface area (Å²) in [4.78, 5) is 0. The highest BCUT2D eigenvalue weighted by Gasteiger charge is 2.43. The smallest absolute Gasteiger partial charge is 0.0981 e. The largest absolute Gasteiger partial charge is 0.257 e. The van der Waals surface area contributed by atoms with E-state index in [0.717, 1.165) is 35.5 Å². The van der Waals surface area contributed by atoms with E-state index in [0.29, 0.717) is 0 Å². The second-order valence-corrected chi connectivity index (χ2v) is 9.49. The Morgan fingerprint density at radius 3 is 2.06 bits per heavy atom. The third-order valence-corrected chi connectivity index (χ3v) is 7.38. The average molecular weight is 467 g/mol. The molecule has 4 aromatic carbocycles. The van der Waals surface area contributed by atoms with Crippen molar-refractivity contribution in [3.63, 3.8) is 0 Å². The van der Waals surface area contributed by atoms with E-state index in [1.165, 1.54) is 22.4 Å². The van der Waals surface area contributed by atoms with Crippen LogP contribution >= 0.6 is 0 Å². The highest BCUT2D eigenvalue weighted by molar-refractivity contribution is 6.07. The van der Waals surface area contributed by atoms with Crippen LogP contribution < -0.4 is 5.01 Å². The van der Waals surface area contributed by atoms with Crippen molar-refractivity contribution in [1.29, 1.82) is 0 Å². The first-order valence-electron chi connectivity index (χ1n) is 12.6. The highest BCUT2D eigenvalue weighted by atomic mass is 15.5. The minimum Gasteiger partial charge on any atom is -0.257 e. The minimum absolute atomic E-state index is 0.0587. The zero-order valence-electron chi connectivity index (χ0n) is 19.9. The number of hydrogen-bond acceptors (Lipinski definition) is 3. The summed E-state index contributed by atoms with van der Waals surface area (Å²) >= 11 is 0. The van der Waals surface area contributed by atoms with Crippen LogP contribution in [0.25, 0.3) is 16.9 Å². The first kappa shape index (κ1) is 20.9. The van der Waals surface area contributed by atoms with Crippen LogP contribution in [0.2, 0.25) is 0 Å². The first-order chi connectivity index (χ1) is 17.9. The van der Waals surface area contributed by atoms with Crippen molar-refractivity contribution in [3.05, 3.63) is 138 Å². The number of para-hydroxylation sites is 2. The van der Waals surface area contributed by atoms with Crippen LogP contribution in [0, 0.1) is 5.92 Å². The van der Waals surface area contributed by atoms with Crippen LogP contribution in [-0.2, 0) is 6.42 Å². The van der Waals surface area contributed by atoms with Gasteiger partial charge in [0.1, 0.15) is 0 Å². The van der Waals surface area contributed by atoms with Gasteiger partial charge in [0.2, 0.25) is 0 Å². The van der Waals surface area contributed by atoms with Gasteiger partial charge in [-0.3, -0.25) is 5.01 Å². The minimum atomic E-state index is 0.0587. The lowest BCUT2D eigenvalue weighted by Gasteiger charge is -2.30. The van der Waals surface area contributed by atoms with E-state index in [9.17, 15) is 0 Å². The lowest BCUT2D eigenvalue weighted by Crippen LogP contribution is -2.29. The zero-order valence-corrected chi connectivity index (χ0v) is 19.9. The standard InChI is InChI=1S/C32H26N4/c1-4-13-24(14-5-1)30-29(22-35(33-30)25-15-6-2-7-16-25)32-28-21-20-23-12-10-11-19-27(23)31(28)34-36(32)26-17-8-3-9-18-26/h1-19,22,28,32H,20-21H2. The van der Waals surface area contributed by atoms with Gasteiger partial charge in [-0.1, -0.05) is 91.0 Å².